The Bertz CT molecular complexity index is 590. The zero-order valence-electron chi connectivity index (χ0n) is 11.9. The quantitative estimate of drug-likeness (QED) is 0.776. The molecule has 1 saturated heterocycles. The highest BCUT2D eigenvalue weighted by molar-refractivity contribution is 7.87. The number of nitrogens with zero attached hydrogens (tertiary/aromatic N) is 1. The summed E-state index contributed by atoms with van der Waals surface area (Å²) in [5, 5.41) is 0. The van der Waals surface area contributed by atoms with Gasteiger partial charge in [0.1, 0.15) is 4.87 Å². The first-order chi connectivity index (χ1) is 9.82. The zero-order chi connectivity index (χ0) is 15.8. The van der Waals surface area contributed by atoms with Crippen LogP contribution in [0.4, 0.5) is 4.39 Å². The Labute approximate surface area is 124 Å². The Balaban J connectivity index is 2.48. The second-order valence-electron chi connectivity index (χ2n) is 5.10. The molecule has 0 bridgehead atoms. The lowest BCUT2D eigenvalue weighted by Crippen LogP contribution is -2.51. The third kappa shape index (κ3) is 2.46. The fourth-order valence-electron chi connectivity index (χ4n) is 2.37. The normalized spacial score (nSPS) is 27.4. The second kappa shape index (κ2) is 5.55. The first kappa shape index (κ1) is 15.6. The maximum atomic E-state index is 14.2. The molecule has 1 fully saturated rings. The molecule has 0 radical (unpaired) electrons. The molecule has 1 amide bonds. The number of esters is 1. The molecule has 1 aromatic carbocycles. The van der Waals surface area contributed by atoms with Crippen molar-refractivity contribution in [3.8, 4) is 0 Å². The zero-order valence-corrected chi connectivity index (χ0v) is 12.7. The number of hydrogen-bond acceptors (Lipinski definition) is 4. The molecule has 114 valence electrons. The van der Waals surface area contributed by atoms with E-state index in [9.17, 15) is 18.2 Å². The summed E-state index contributed by atoms with van der Waals surface area (Å²) in [5.74, 6) is -1.46. The molecular formula is C14H16FNO4S. The van der Waals surface area contributed by atoms with Crippen LogP contribution in [0, 0.1) is 0 Å². The number of carbonyl (C=O) groups is 2. The van der Waals surface area contributed by atoms with Crippen molar-refractivity contribution in [2.24, 2.45) is 0 Å². The van der Waals surface area contributed by atoms with Crippen molar-refractivity contribution in [2.45, 2.75) is 30.3 Å². The summed E-state index contributed by atoms with van der Waals surface area (Å²) in [6, 6.07) is 6.67. The lowest BCUT2D eigenvalue weighted by atomic mass is 10.1. The van der Waals surface area contributed by atoms with E-state index in [1.165, 1.54) is 13.8 Å². The number of methoxy groups -OCH3 is 1. The molecule has 1 aromatic rings. The van der Waals surface area contributed by atoms with Gasteiger partial charge in [-0.2, -0.15) is 0 Å². The molecule has 3 atom stereocenters. The number of benzene rings is 1. The van der Waals surface area contributed by atoms with Gasteiger partial charge in [-0.15, -0.1) is 0 Å². The number of halogens is 1. The van der Waals surface area contributed by atoms with Crippen molar-refractivity contribution in [1.29, 1.82) is 0 Å². The smallest absolute Gasteiger partial charge is 0.332 e. The Morgan fingerprint density at radius 2 is 1.86 bits per heavy atom. The Morgan fingerprint density at radius 3 is 2.38 bits per heavy atom. The lowest BCUT2D eigenvalue weighted by molar-refractivity contribution is -0.147. The third-order valence-corrected chi connectivity index (χ3v) is 5.33. The Morgan fingerprint density at radius 1 is 1.29 bits per heavy atom. The van der Waals surface area contributed by atoms with Gasteiger partial charge in [0.2, 0.25) is 5.50 Å². The molecule has 1 aliphatic rings. The molecule has 21 heavy (non-hydrogen) atoms. The average Bonchev–Trinajstić information content (AvgIpc) is 2.67. The van der Waals surface area contributed by atoms with Crippen LogP contribution in [0.25, 0.3) is 0 Å². The van der Waals surface area contributed by atoms with Crippen LogP contribution in [0.15, 0.2) is 30.3 Å². The number of amides is 1. The number of ether oxygens (including phenoxy) is 1. The van der Waals surface area contributed by atoms with Gasteiger partial charge in [0.05, 0.1) is 17.9 Å². The van der Waals surface area contributed by atoms with Gasteiger partial charge in [-0.3, -0.25) is 9.00 Å². The van der Waals surface area contributed by atoms with Gasteiger partial charge < -0.3 is 9.64 Å². The molecule has 0 saturated carbocycles. The van der Waals surface area contributed by atoms with Gasteiger partial charge in [0, 0.05) is 5.56 Å². The van der Waals surface area contributed by atoms with Crippen LogP contribution < -0.4 is 0 Å². The van der Waals surface area contributed by atoms with E-state index < -0.39 is 39.1 Å². The number of carbonyl (C=O) groups excluding carboxylic acids is 2. The molecule has 1 heterocycles. The van der Waals surface area contributed by atoms with Crippen molar-refractivity contribution in [3.05, 3.63) is 35.9 Å². The monoisotopic (exact) mass is 313 g/mol. The molecule has 7 heteroatoms. The highest BCUT2D eigenvalue weighted by atomic mass is 32.2. The van der Waals surface area contributed by atoms with Crippen LogP contribution in [0.5, 0.6) is 0 Å². The highest BCUT2D eigenvalue weighted by Gasteiger charge is 2.58. The van der Waals surface area contributed by atoms with E-state index >= 15 is 0 Å². The fourth-order valence-corrected chi connectivity index (χ4v) is 3.77. The predicted molar refractivity (Wildman–Crippen MR) is 75.5 cm³/mol. The third-order valence-electron chi connectivity index (χ3n) is 3.49. The van der Waals surface area contributed by atoms with Gasteiger partial charge in [0.25, 0.3) is 5.91 Å². The standard InChI is InChI=1S/C14H16FNO4S/c1-14(2)16(12(17)9-7-5-4-6-8-9)10(13(18)20-3)11(15)21(14)19/h4-8,10-11H,1-3H3/t10-,11-,21?/m0/s1. The fraction of sp³-hybridized carbons (Fsp3) is 0.429. The number of hydrogen-bond donors (Lipinski definition) is 0. The minimum Gasteiger partial charge on any atom is -0.467 e. The Kier molecular flexibility index (Phi) is 4.13. The summed E-state index contributed by atoms with van der Waals surface area (Å²) >= 11 is 0. The molecule has 5 nitrogen and oxygen atoms in total. The molecular weight excluding hydrogens is 297 g/mol. The number of alkyl halides is 1. The summed E-state index contributed by atoms with van der Waals surface area (Å²) in [4.78, 5) is 24.1. The van der Waals surface area contributed by atoms with Crippen LogP contribution in [0.1, 0.15) is 24.2 Å². The van der Waals surface area contributed by atoms with Crippen molar-refractivity contribution >= 4 is 22.7 Å². The van der Waals surface area contributed by atoms with Gasteiger partial charge >= 0.3 is 5.97 Å². The van der Waals surface area contributed by atoms with Crippen molar-refractivity contribution in [3.63, 3.8) is 0 Å². The highest BCUT2D eigenvalue weighted by Crippen LogP contribution is 2.37. The molecule has 1 aliphatic heterocycles. The van der Waals surface area contributed by atoms with Crippen molar-refractivity contribution in [1.82, 2.24) is 4.90 Å². The molecule has 0 aliphatic carbocycles. The number of rotatable bonds is 2. The average molecular weight is 313 g/mol. The molecule has 0 aromatic heterocycles. The molecule has 0 spiro atoms. The lowest BCUT2D eigenvalue weighted by Gasteiger charge is -2.32. The first-order valence-electron chi connectivity index (χ1n) is 6.33. The second-order valence-corrected chi connectivity index (χ2v) is 7.15. The molecule has 2 rings (SSSR count). The van der Waals surface area contributed by atoms with E-state index in [4.69, 9.17) is 0 Å². The summed E-state index contributed by atoms with van der Waals surface area (Å²) in [5.41, 5.74) is -1.68. The van der Waals surface area contributed by atoms with Gasteiger partial charge in [-0.1, -0.05) is 18.2 Å². The topological polar surface area (TPSA) is 63.7 Å². The minimum absolute atomic E-state index is 0.297. The van der Waals surface area contributed by atoms with Gasteiger partial charge in [-0.25, -0.2) is 9.18 Å². The van der Waals surface area contributed by atoms with E-state index in [1.54, 1.807) is 30.3 Å². The van der Waals surface area contributed by atoms with Crippen LogP contribution in [0.2, 0.25) is 0 Å². The summed E-state index contributed by atoms with van der Waals surface area (Å²) in [6.45, 7) is 2.94. The summed E-state index contributed by atoms with van der Waals surface area (Å²) in [6.07, 6.45) is 0. The van der Waals surface area contributed by atoms with Crippen LogP contribution >= 0.6 is 0 Å². The van der Waals surface area contributed by atoms with Gasteiger partial charge in [0.15, 0.2) is 6.04 Å². The van der Waals surface area contributed by atoms with Gasteiger partial charge in [-0.05, 0) is 26.0 Å². The van der Waals surface area contributed by atoms with E-state index in [2.05, 4.69) is 4.74 Å². The summed E-state index contributed by atoms with van der Waals surface area (Å²) < 4.78 is 30.9. The van der Waals surface area contributed by atoms with Crippen LogP contribution in [0.3, 0.4) is 0 Å². The van der Waals surface area contributed by atoms with E-state index in [0.717, 1.165) is 12.0 Å². The molecule has 0 N–H and O–H groups in total. The predicted octanol–water partition coefficient (Wildman–Crippen LogP) is 1.46. The van der Waals surface area contributed by atoms with Crippen molar-refractivity contribution in [2.75, 3.05) is 7.11 Å². The molecule has 1 unspecified atom stereocenters. The van der Waals surface area contributed by atoms with Crippen LogP contribution in [-0.4, -0.2) is 44.5 Å². The van der Waals surface area contributed by atoms with Crippen molar-refractivity contribution < 1.29 is 22.9 Å². The SMILES string of the molecule is COC(=O)[C@@H]1[C@@H](F)S(=O)C(C)(C)N1C(=O)c1ccccc1. The first-order valence-corrected chi connectivity index (χ1v) is 7.55. The minimum atomic E-state index is -2.02. The van der Waals surface area contributed by atoms with E-state index in [1.807, 2.05) is 0 Å². The maximum Gasteiger partial charge on any atom is 0.332 e. The van der Waals surface area contributed by atoms with E-state index in [0.29, 0.717) is 5.56 Å². The maximum absolute atomic E-state index is 14.2. The van der Waals surface area contributed by atoms with E-state index in [-0.39, 0.29) is 0 Å². The largest absolute Gasteiger partial charge is 0.467 e. The van der Waals surface area contributed by atoms with Crippen LogP contribution in [-0.2, 0) is 20.3 Å². The summed E-state index contributed by atoms with van der Waals surface area (Å²) in [7, 11) is -0.911. The Hall–Kier alpha value is -1.76.